The highest BCUT2D eigenvalue weighted by Gasteiger charge is 2.38. The Kier molecular flexibility index (Phi) is 7.75. The molecule has 0 spiro atoms. The minimum Gasteiger partial charge on any atom is -0.496 e. The molecule has 218 valence electrons. The minimum absolute atomic E-state index is 0.0441. The summed E-state index contributed by atoms with van der Waals surface area (Å²) in [5.74, 6) is 2.31. The maximum Gasteiger partial charge on any atom is 0.264 e. The number of thiophene rings is 1. The van der Waals surface area contributed by atoms with E-state index < -0.39 is 0 Å². The normalized spacial score (nSPS) is 18.7. The molecule has 1 aliphatic carbocycles. The molecular formula is C35H43NO4S. The molecule has 1 aromatic heterocycles. The third-order valence-corrected chi connectivity index (χ3v) is 10.0. The van der Waals surface area contributed by atoms with Crippen molar-refractivity contribution in [3.05, 3.63) is 75.2 Å². The summed E-state index contributed by atoms with van der Waals surface area (Å²) < 4.78 is 17.1. The van der Waals surface area contributed by atoms with E-state index in [4.69, 9.17) is 14.2 Å². The highest BCUT2D eigenvalue weighted by atomic mass is 32.1. The van der Waals surface area contributed by atoms with E-state index in [9.17, 15) is 4.79 Å². The Morgan fingerprint density at radius 2 is 1.49 bits per heavy atom. The molecule has 0 radical (unpaired) electrons. The Bertz CT molecular complexity index is 1510. The number of hydrogen-bond donors (Lipinski definition) is 0. The number of benzene rings is 2. The number of methoxy groups -OCH3 is 3. The van der Waals surface area contributed by atoms with Crippen LogP contribution in [-0.2, 0) is 17.3 Å². The number of amides is 1. The van der Waals surface area contributed by atoms with Crippen molar-refractivity contribution in [2.24, 2.45) is 0 Å². The summed E-state index contributed by atoms with van der Waals surface area (Å²) >= 11 is 1.55. The van der Waals surface area contributed by atoms with Gasteiger partial charge in [-0.1, -0.05) is 39.3 Å². The van der Waals surface area contributed by atoms with E-state index in [2.05, 4.69) is 71.9 Å². The summed E-state index contributed by atoms with van der Waals surface area (Å²) in [5, 5.41) is 0. The molecule has 2 aromatic carbocycles. The molecule has 0 fully saturated rings. The van der Waals surface area contributed by atoms with Crippen LogP contribution in [0.5, 0.6) is 17.2 Å². The number of carbonyl (C=O) groups excluding carboxylic acids is 1. The maximum atomic E-state index is 14.1. The lowest BCUT2D eigenvalue weighted by Gasteiger charge is -2.42. The van der Waals surface area contributed by atoms with E-state index in [-0.39, 0.29) is 22.8 Å². The molecule has 2 aliphatic rings. The highest BCUT2D eigenvalue weighted by molar-refractivity contribution is 7.17. The molecule has 1 amide bonds. The average Bonchev–Trinajstić information content (AvgIpc) is 3.44. The monoisotopic (exact) mass is 573 g/mol. The van der Waals surface area contributed by atoms with E-state index in [0.717, 1.165) is 57.2 Å². The molecule has 0 N–H and O–H groups in total. The zero-order chi connectivity index (χ0) is 29.7. The largest absolute Gasteiger partial charge is 0.496 e. The number of hydrogen-bond acceptors (Lipinski definition) is 5. The van der Waals surface area contributed by atoms with E-state index in [1.165, 1.54) is 16.7 Å². The second-order valence-corrected chi connectivity index (χ2v) is 14.0. The third kappa shape index (κ3) is 5.27. The molecule has 0 saturated carbocycles. The zero-order valence-corrected chi connectivity index (χ0v) is 26.8. The second kappa shape index (κ2) is 10.9. The molecule has 41 heavy (non-hydrogen) atoms. The number of ether oxygens (including phenoxy) is 3. The fourth-order valence-corrected chi connectivity index (χ4v) is 7.38. The number of rotatable bonds is 6. The smallest absolute Gasteiger partial charge is 0.264 e. The fraction of sp³-hybridized carbons (Fsp3) is 0.457. The summed E-state index contributed by atoms with van der Waals surface area (Å²) in [4.78, 5) is 17.9. The van der Waals surface area contributed by atoms with Gasteiger partial charge in [-0.15, -0.1) is 11.3 Å². The van der Waals surface area contributed by atoms with Gasteiger partial charge >= 0.3 is 0 Å². The first-order chi connectivity index (χ1) is 19.4. The van der Waals surface area contributed by atoms with E-state index in [1.54, 1.807) is 32.7 Å². The maximum absolute atomic E-state index is 14.1. The molecule has 5 rings (SSSR count). The molecule has 1 unspecified atom stereocenters. The van der Waals surface area contributed by atoms with Crippen LogP contribution in [0.25, 0.3) is 10.4 Å². The molecule has 1 atom stereocenters. The lowest BCUT2D eigenvalue weighted by Crippen LogP contribution is -2.39. The predicted molar refractivity (Wildman–Crippen MR) is 168 cm³/mol. The quantitative estimate of drug-likeness (QED) is 0.278. The number of allylic oxidation sites excluding steroid dienone is 1. The molecular weight excluding hydrogens is 530 g/mol. The van der Waals surface area contributed by atoms with Crippen molar-refractivity contribution in [2.75, 3.05) is 27.9 Å². The van der Waals surface area contributed by atoms with E-state index >= 15 is 0 Å². The van der Waals surface area contributed by atoms with Crippen LogP contribution in [0.15, 0.2) is 48.0 Å². The van der Waals surface area contributed by atoms with Crippen molar-refractivity contribution >= 4 is 17.2 Å². The summed E-state index contributed by atoms with van der Waals surface area (Å²) in [6.07, 6.45) is 5.23. The van der Waals surface area contributed by atoms with Crippen molar-refractivity contribution in [3.63, 3.8) is 0 Å². The zero-order valence-electron chi connectivity index (χ0n) is 25.9. The van der Waals surface area contributed by atoms with Gasteiger partial charge in [0.15, 0.2) is 11.5 Å². The van der Waals surface area contributed by atoms with Crippen LogP contribution < -0.4 is 14.2 Å². The van der Waals surface area contributed by atoms with Crippen LogP contribution in [-0.4, -0.2) is 38.7 Å². The van der Waals surface area contributed by atoms with Gasteiger partial charge in [-0.25, -0.2) is 0 Å². The summed E-state index contributed by atoms with van der Waals surface area (Å²) in [6.45, 7) is 14.1. The number of fused-ring (bicyclic) bond motifs is 2. The topological polar surface area (TPSA) is 48.0 Å². The average molecular weight is 574 g/mol. The van der Waals surface area contributed by atoms with Gasteiger partial charge in [0.1, 0.15) is 5.75 Å². The Labute approximate surface area is 249 Å². The molecule has 5 nitrogen and oxygen atoms in total. The molecule has 0 bridgehead atoms. The minimum atomic E-state index is -0.178. The van der Waals surface area contributed by atoms with Crippen LogP contribution in [0.4, 0.5) is 0 Å². The Hall–Kier alpha value is -3.25. The van der Waals surface area contributed by atoms with Crippen LogP contribution in [0.1, 0.15) is 92.4 Å². The fourth-order valence-electron chi connectivity index (χ4n) is 6.39. The molecule has 6 heteroatoms. The lowest BCUT2D eigenvalue weighted by molar-refractivity contribution is 0.0704. The molecule has 3 aromatic rings. The Morgan fingerprint density at radius 1 is 0.878 bits per heavy atom. The van der Waals surface area contributed by atoms with Gasteiger partial charge in [-0.3, -0.25) is 4.79 Å². The summed E-state index contributed by atoms with van der Waals surface area (Å²) in [5.41, 5.74) is 7.42. The van der Waals surface area contributed by atoms with Crippen molar-refractivity contribution in [3.8, 4) is 27.7 Å². The standard InChI is InChI=1S/C35H43NO4S/c1-21(2)16-27-23-19-30(40-9)29(39-8)17-22(23)12-15-36(27)33(37)32-11-10-31(41-32)24-18-25-26(20-28(24)38-7)35(5,6)14-13-34(25,3)4/h10-11,16-20,27H,12-15H2,1-9H3. The Balaban J connectivity index is 1.53. The van der Waals surface area contributed by atoms with Gasteiger partial charge in [0, 0.05) is 17.0 Å². The SMILES string of the molecule is COc1cc2c(cc1OC)C(C=C(C)C)N(C(=O)c1ccc(-c3cc4c(cc3OC)C(C)(C)CCC4(C)C)s1)CC2. The van der Waals surface area contributed by atoms with Crippen molar-refractivity contribution < 1.29 is 19.0 Å². The molecule has 1 aliphatic heterocycles. The first-order valence-electron chi connectivity index (χ1n) is 14.4. The summed E-state index contributed by atoms with van der Waals surface area (Å²) in [6, 6.07) is 12.5. The van der Waals surface area contributed by atoms with Crippen molar-refractivity contribution in [2.45, 2.75) is 77.7 Å². The van der Waals surface area contributed by atoms with Gasteiger partial charge in [0.2, 0.25) is 0 Å². The lowest BCUT2D eigenvalue weighted by atomic mass is 9.63. The summed E-state index contributed by atoms with van der Waals surface area (Å²) in [7, 11) is 5.05. The van der Waals surface area contributed by atoms with Crippen LogP contribution in [0.3, 0.4) is 0 Å². The van der Waals surface area contributed by atoms with E-state index in [0.29, 0.717) is 12.3 Å². The Morgan fingerprint density at radius 3 is 2.10 bits per heavy atom. The van der Waals surface area contributed by atoms with Crippen molar-refractivity contribution in [1.29, 1.82) is 0 Å². The number of nitrogens with zero attached hydrogens (tertiary/aromatic N) is 1. The predicted octanol–water partition coefficient (Wildman–Crippen LogP) is 8.50. The van der Waals surface area contributed by atoms with Gasteiger partial charge in [0.25, 0.3) is 5.91 Å². The van der Waals surface area contributed by atoms with Crippen molar-refractivity contribution in [1.82, 2.24) is 4.90 Å². The first-order valence-corrected chi connectivity index (χ1v) is 15.3. The van der Waals surface area contributed by atoms with E-state index in [1.807, 2.05) is 17.0 Å². The first kappa shape index (κ1) is 29.2. The van der Waals surface area contributed by atoms with Gasteiger partial charge in [-0.2, -0.15) is 0 Å². The molecule has 2 heterocycles. The highest BCUT2D eigenvalue weighted by Crippen LogP contribution is 2.50. The van der Waals surface area contributed by atoms with Gasteiger partial charge in [0.05, 0.1) is 32.2 Å². The molecule has 0 saturated heterocycles. The van der Waals surface area contributed by atoms with Gasteiger partial charge in [-0.05, 0) is 103 Å². The van der Waals surface area contributed by atoms with Gasteiger partial charge < -0.3 is 19.1 Å². The third-order valence-electron chi connectivity index (χ3n) is 8.93. The van der Waals surface area contributed by atoms with Crippen LogP contribution in [0, 0.1) is 0 Å². The van der Waals surface area contributed by atoms with Crippen LogP contribution >= 0.6 is 11.3 Å². The van der Waals surface area contributed by atoms with Crippen LogP contribution in [0.2, 0.25) is 0 Å². The second-order valence-electron chi connectivity index (χ2n) is 12.9. The number of carbonyl (C=O) groups is 1.